The third-order valence-electron chi connectivity index (χ3n) is 3.94. The number of rotatable bonds is 2. The van der Waals surface area contributed by atoms with Crippen molar-refractivity contribution in [3.63, 3.8) is 0 Å². The fourth-order valence-electron chi connectivity index (χ4n) is 2.84. The largest absolute Gasteiger partial charge is 0.490 e. The van der Waals surface area contributed by atoms with E-state index in [2.05, 4.69) is 36.5 Å². The Morgan fingerprint density at radius 2 is 1.95 bits per heavy atom. The Balaban J connectivity index is 1.69. The van der Waals surface area contributed by atoms with Gasteiger partial charge in [-0.25, -0.2) is 0 Å². The highest BCUT2D eigenvalue weighted by molar-refractivity contribution is 5.56. The van der Waals surface area contributed by atoms with E-state index in [1.54, 1.807) is 0 Å². The summed E-state index contributed by atoms with van der Waals surface area (Å²) in [5, 5.41) is 3.62. The summed E-state index contributed by atoms with van der Waals surface area (Å²) >= 11 is 0. The van der Waals surface area contributed by atoms with Crippen molar-refractivity contribution in [2.24, 2.45) is 0 Å². The van der Waals surface area contributed by atoms with Crippen LogP contribution in [-0.4, -0.2) is 25.3 Å². The van der Waals surface area contributed by atoms with E-state index in [1.807, 2.05) is 6.07 Å². The molecule has 2 aliphatic heterocycles. The van der Waals surface area contributed by atoms with Crippen LogP contribution in [0.4, 0.5) is 0 Å². The molecule has 2 heterocycles. The fourth-order valence-corrected chi connectivity index (χ4v) is 2.84. The molecule has 3 heteroatoms. The highest BCUT2D eigenvalue weighted by Crippen LogP contribution is 2.30. The molecule has 108 valence electrons. The molecule has 1 N–H and O–H groups in total. The molecule has 20 heavy (non-hydrogen) atoms. The zero-order valence-corrected chi connectivity index (χ0v) is 12.1. The molecule has 0 radical (unpaired) electrons. The van der Waals surface area contributed by atoms with Crippen LogP contribution in [-0.2, 0) is 0 Å². The lowest BCUT2D eigenvalue weighted by molar-refractivity contribution is 0.297. The van der Waals surface area contributed by atoms with Crippen molar-refractivity contribution in [3.8, 4) is 11.5 Å². The third kappa shape index (κ3) is 3.34. The maximum atomic E-state index is 5.72. The molecular formula is C17H23NO2. The molecule has 0 aromatic heterocycles. The van der Waals surface area contributed by atoms with Gasteiger partial charge in [0.2, 0.25) is 0 Å². The van der Waals surface area contributed by atoms with Crippen LogP contribution in [0.1, 0.15) is 38.2 Å². The Morgan fingerprint density at radius 3 is 2.80 bits per heavy atom. The van der Waals surface area contributed by atoms with Gasteiger partial charge in [0.15, 0.2) is 11.5 Å². The van der Waals surface area contributed by atoms with E-state index in [4.69, 9.17) is 9.47 Å². The Bertz CT molecular complexity index is 484. The molecular weight excluding hydrogens is 250 g/mol. The second-order valence-corrected chi connectivity index (χ2v) is 5.72. The number of hydrogen-bond acceptors (Lipinski definition) is 3. The lowest BCUT2D eigenvalue weighted by Crippen LogP contribution is -2.39. The quantitative estimate of drug-likeness (QED) is 0.896. The van der Waals surface area contributed by atoms with Crippen LogP contribution in [0.2, 0.25) is 0 Å². The second kappa shape index (κ2) is 6.31. The van der Waals surface area contributed by atoms with E-state index in [1.165, 1.54) is 24.8 Å². The van der Waals surface area contributed by atoms with Crippen molar-refractivity contribution in [1.82, 2.24) is 5.32 Å². The summed E-state index contributed by atoms with van der Waals surface area (Å²) in [7, 11) is 0. The maximum absolute atomic E-state index is 5.72. The van der Waals surface area contributed by atoms with Gasteiger partial charge in [0.1, 0.15) is 0 Å². The first-order valence-electron chi connectivity index (χ1n) is 7.65. The number of nitrogens with one attached hydrogen (secondary N) is 1. The van der Waals surface area contributed by atoms with Gasteiger partial charge in [-0.1, -0.05) is 24.6 Å². The average molecular weight is 273 g/mol. The first-order chi connectivity index (χ1) is 9.81. The van der Waals surface area contributed by atoms with Gasteiger partial charge in [-0.15, -0.1) is 0 Å². The van der Waals surface area contributed by atoms with E-state index in [0.717, 1.165) is 31.1 Å². The molecule has 2 atom stereocenters. The van der Waals surface area contributed by atoms with Gasteiger partial charge in [-0.05, 0) is 37.5 Å². The zero-order chi connectivity index (χ0) is 13.8. The maximum Gasteiger partial charge on any atom is 0.161 e. The number of fused-ring (bicyclic) bond motifs is 1. The fraction of sp³-hybridized carbons (Fsp3) is 0.529. The van der Waals surface area contributed by atoms with Crippen LogP contribution in [0.25, 0.3) is 6.08 Å². The molecule has 1 fully saturated rings. The van der Waals surface area contributed by atoms with E-state index in [-0.39, 0.29) is 0 Å². The minimum Gasteiger partial charge on any atom is -0.490 e. The van der Waals surface area contributed by atoms with Gasteiger partial charge in [0, 0.05) is 18.5 Å². The highest BCUT2D eigenvalue weighted by atomic mass is 16.5. The van der Waals surface area contributed by atoms with Crippen molar-refractivity contribution in [2.45, 2.75) is 44.7 Å². The van der Waals surface area contributed by atoms with Crippen molar-refractivity contribution < 1.29 is 9.47 Å². The van der Waals surface area contributed by atoms with Crippen molar-refractivity contribution in [3.05, 3.63) is 29.8 Å². The van der Waals surface area contributed by atoms with Crippen LogP contribution in [0, 0.1) is 0 Å². The standard InChI is InChI=1S/C17H23NO2/c1-13-4-2-5-15(18-13)8-6-14-7-9-16-17(12-14)20-11-3-10-19-16/h6-9,12-13,15,18H,2-5,10-11H2,1H3/b8-6+. The normalized spacial score (nSPS) is 26.4. The molecule has 0 aliphatic carbocycles. The minimum atomic E-state index is 0.495. The molecule has 0 spiro atoms. The van der Waals surface area contributed by atoms with Crippen molar-refractivity contribution in [1.29, 1.82) is 0 Å². The smallest absolute Gasteiger partial charge is 0.161 e. The van der Waals surface area contributed by atoms with E-state index < -0.39 is 0 Å². The van der Waals surface area contributed by atoms with E-state index >= 15 is 0 Å². The summed E-state index contributed by atoms with van der Waals surface area (Å²) in [5.74, 6) is 1.73. The monoisotopic (exact) mass is 273 g/mol. The second-order valence-electron chi connectivity index (χ2n) is 5.72. The van der Waals surface area contributed by atoms with Gasteiger partial charge in [0.05, 0.1) is 13.2 Å². The van der Waals surface area contributed by atoms with Crippen LogP contribution >= 0.6 is 0 Å². The molecule has 0 saturated carbocycles. The van der Waals surface area contributed by atoms with E-state index in [9.17, 15) is 0 Å². The number of ether oxygens (including phenoxy) is 2. The molecule has 0 amide bonds. The molecule has 2 aliphatic rings. The SMILES string of the molecule is CC1CCCC(/C=C/c2ccc3c(c2)OCCCO3)N1. The molecule has 1 saturated heterocycles. The molecule has 3 nitrogen and oxygen atoms in total. The van der Waals surface area contributed by atoms with Crippen LogP contribution < -0.4 is 14.8 Å². The van der Waals surface area contributed by atoms with Crippen LogP contribution in [0.5, 0.6) is 11.5 Å². The van der Waals surface area contributed by atoms with Crippen molar-refractivity contribution in [2.75, 3.05) is 13.2 Å². The minimum absolute atomic E-state index is 0.495. The van der Waals surface area contributed by atoms with Gasteiger partial charge < -0.3 is 14.8 Å². The van der Waals surface area contributed by atoms with Crippen LogP contribution in [0.3, 0.4) is 0 Å². The summed E-state index contributed by atoms with van der Waals surface area (Å²) in [6.45, 7) is 3.74. The van der Waals surface area contributed by atoms with Crippen LogP contribution in [0.15, 0.2) is 24.3 Å². The molecule has 2 unspecified atom stereocenters. The molecule has 1 aromatic rings. The summed E-state index contributed by atoms with van der Waals surface area (Å²) in [6, 6.07) is 7.30. The molecule has 0 bridgehead atoms. The van der Waals surface area contributed by atoms with Gasteiger partial charge in [-0.3, -0.25) is 0 Å². The predicted octanol–water partition coefficient (Wildman–Crippen LogP) is 3.39. The predicted molar refractivity (Wildman–Crippen MR) is 81.3 cm³/mol. The van der Waals surface area contributed by atoms with Gasteiger partial charge >= 0.3 is 0 Å². The molecule has 1 aromatic carbocycles. The Hall–Kier alpha value is -1.48. The van der Waals surface area contributed by atoms with Crippen molar-refractivity contribution >= 4 is 6.08 Å². The highest BCUT2D eigenvalue weighted by Gasteiger charge is 2.15. The summed E-state index contributed by atoms with van der Waals surface area (Å²) in [5.41, 5.74) is 1.18. The molecule has 3 rings (SSSR count). The number of benzene rings is 1. The first-order valence-corrected chi connectivity index (χ1v) is 7.65. The Morgan fingerprint density at radius 1 is 1.10 bits per heavy atom. The Kier molecular flexibility index (Phi) is 4.26. The van der Waals surface area contributed by atoms with E-state index in [0.29, 0.717) is 12.1 Å². The lowest BCUT2D eigenvalue weighted by atomic mass is 9.99. The third-order valence-corrected chi connectivity index (χ3v) is 3.94. The topological polar surface area (TPSA) is 30.5 Å². The van der Waals surface area contributed by atoms with Gasteiger partial charge in [0.25, 0.3) is 0 Å². The average Bonchev–Trinajstić information content (AvgIpc) is 2.70. The summed E-state index contributed by atoms with van der Waals surface area (Å²) in [6.07, 6.45) is 9.23. The zero-order valence-electron chi connectivity index (χ0n) is 12.1. The Labute approximate surface area is 121 Å². The number of piperidine rings is 1. The number of hydrogen-bond donors (Lipinski definition) is 1. The van der Waals surface area contributed by atoms with Gasteiger partial charge in [-0.2, -0.15) is 0 Å². The first kappa shape index (κ1) is 13.5. The lowest BCUT2D eigenvalue weighted by Gasteiger charge is -2.26. The summed E-state index contributed by atoms with van der Waals surface area (Å²) in [4.78, 5) is 0. The summed E-state index contributed by atoms with van der Waals surface area (Å²) < 4.78 is 11.4.